The first kappa shape index (κ1) is 25.8. The lowest BCUT2D eigenvalue weighted by Gasteiger charge is -2.26. The van der Waals surface area contributed by atoms with Gasteiger partial charge in [0.2, 0.25) is 0 Å². The van der Waals surface area contributed by atoms with Gasteiger partial charge in [-0.25, -0.2) is 4.98 Å². The zero-order chi connectivity index (χ0) is 30.2. The normalized spacial score (nSPS) is 11.9. The molecule has 0 unspecified atom stereocenters. The summed E-state index contributed by atoms with van der Waals surface area (Å²) >= 11 is 3.61. The van der Waals surface area contributed by atoms with Crippen LogP contribution in [0.5, 0.6) is 0 Å². The predicted octanol–water partition coefficient (Wildman–Crippen LogP) is 12.9. The molecule has 0 atom stereocenters. The third kappa shape index (κ3) is 3.99. The Balaban J connectivity index is 1.18. The number of thiazole rings is 1. The second kappa shape index (κ2) is 10.0. The van der Waals surface area contributed by atoms with Gasteiger partial charge in [-0.05, 0) is 66.0 Å². The lowest BCUT2D eigenvalue weighted by molar-refractivity contribution is 0.669. The van der Waals surface area contributed by atoms with E-state index in [4.69, 9.17) is 9.40 Å². The number of benzene rings is 7. The molecule has 0 fully saturated rings. The molecular formula is C41H24N2OS2. The predicted molar refractivity (Wildman–Crippen MR) is 197 cm³/mol. The van der Waals surface area contributed by atoms with E-state index >= 15 is 0 Å². The van der Waals surface area contributed by atoms with Crippen LogP contribution in [0, 0.1) is 0 Å². The summed E-state index contributed by atoms with van der Waals surface area (Å²) in [6.45, 7) is 0. The molecular weight excluding hydrogens is 601 g/mol. The Labute approximate surface area is 272 Å². The minimum atomic E-state index is 0.894. The molecule has 0 bridgehead atoms. The molecule has 0 aliphatic heterocycles. The molecule has 0 aliphatic rings. The summed E-state index contributed by atoms with van der Waals surface area (Å²) in [6.07, 6.45) is 0. The van der Waals surface area contributed by atoms with Crippen LogP contribution in [-0.4, -0.2) is 4.98 Å². The van der Waals surface area contributed by atoms with Gasteiger partial charge in [0.25, 0.3) is 0 Å². The van der Waals surface area contributed by atoms with Crippen LogP contribution in [-0.2, 0) is 0 Å². The Bertz CT molecular complexity index is 2770. The van der Waals surface area contributed by atoms with Gasteiger partial charge in [-0.1, -0.05) is 84.9 Å². The first-order valence-electron chi connectivity index (χ1n) is 15.3. The smallest absolute Gasteiger partial charge is 0.135 e. The molecule has 10 rings (SSSR count). The van der Waals surface area contributed by atoms with Crippen LogP contribution in [0.25, 0.3) is 73.7 Å². The fourth-order valence-electron chi connectivity index (χ4n) is 6.70. The van der Waals surface area contributed by atoms with Crippen LogP contribution in [0.15, 0.2) is 150 Å². The first-order chi connectivity index (χ1) is 22.8. The highest BCUT2D eigenvalue weighted by atomic mass is 32.1. The van der Waals surface area contributed by atoms with Gasteiger partial charge in [0.05, 0.1) is 10.2 Å². The fourth-order valence-corrected chi connectivity index (χ4v) is 8.94. The summed E-state index contributed by atoms with van der Waals surface area (Å²) in [7, 11) is 0. The highest BCUT2D eigenvalue weighted by molar-refractivity contribution is 7.25. The number of thiophene rings is 1. The van der Waals surface area contributed by atoms with Crippen LogP contribution in [0.4, 0.5) is 17.1 Å². The van der Waals surface area contributed by atoms with Gasteiger partial charge in [0, 0.05) is 59.0 Å². The number of para-hydroxylation sites is 1. The van der Waals surface area contributed by atoms with E-state index in [1.165, 1.54) is 35.6 Å². The zero-order valence-electron chi connectivity index (χ0n) is 24.5. The third-order valence-corrected chi connectivity index (χ3v) is 11.2. The lowest BCUT2D eigenvalue weighted by atomic mass is 10.1. The molecule has 7 aromatic carbocycles. The molecule has 10 aromatic rings. The van der Waals surface area contributed by atoms with Crippen molar-refractivity contribution in [1.29, 1.82) is 0 Å². The number of hydrogen-bond acceptors (Lipinski definition) is 5. The quantitative estimate of drug-likeness (QED) is 0.195. The Hall–Kier alpha value is -5.49. The van der Waals surface area contributed by atoms with Crippen LogP contribution in [0.2, 0.25) is 0 Å². The van der Waals surface area contributed by atoms with Gasteiger partial charge in [0.15, 0.2) is 0 Å². The van der Waals surface area contributed by atoms with Crippen LogP contribution in [0.1, 0.15) is 0 Å². The van der Waals surface area contributed by atoms with Gasteiger partial charge >= 0.3 is 0 Å². The van der Waals surface area contributed by atoms with Crippen molar-refractivity contribution in [3.8, 4) is 10.6 Å². The van der Waals surface area contributed by atoms with E-state index in [2.05, 4.69) is 132 Å². The summed E-state index contributed by atoms with van der Waals surface area (Å²) in [4.78, 5) is 7.35. The van der Waals surface area contributed by atoms with Gasteiger partial charge in [-0.2, -0.15) is 0 Å². The van der Waals surface area contributed by atoms with E-state index in [-0.39, 0.29) is 0 Å². The molecule has 3 aromatic heterocycles. The number of hydrogen-bond donors (Lipinski definition) is 0. The molecule has 46 heavy (non-hydrogen) atoms. The molecule has 0 saturated heterocycles. The molecule has 3 nitrogen and oxygen atoms in total. The number of nitrogens with zero attached hydrogens (tertiary/aromatic N) is 2. The van der Waals surface area contributed by atoms with Crippen LogP contribution < -0.4 is 4.90 Å². The highest BCUT2D eigenvalue weighted by Crippen LogP contribution is 2.44. The second-order valence-corrected chi connectivity index (χ2v) is 13.7. The lowest BCUT2D eigenvalue weighted by Crippen LogP contribution is -2.09. The minimum absolute atomic E-state index is 0.894. The monoisotopic (exact) mass is 624 g/mol. The molecule has 0 aliphatic carbocycles. The van der Waals surface area contributed by atoms with Gasteiger partial charge in [-0.3, -0.25) is 0 Å². The molecule has 0 saturated carbocycles. The number of anilines is 3. The number of furan rings is 1. The summed E-state index contributed by atoms with van der Waals surface area (Å²) in [5.74, 6) is 0. The van der Waals surface area contributed by atoms with Crippen molar-refractivity contribution < 1.29 is 4.42 Å². The summed E-state index contributed by atoms with van der Waals surface area (Å²) < 4.78 is 10.0. The topological polar surface area (TPSA) is 29.3 Å². The SMILES string of the molecule is c1ccc(-c2nc3ccc4cc(N(c5ccc6c(c5)sc5ccccc56)c5ccc6oc7ccccc7c6c5)ccc4c3s2)cc1. The largest absolute Gasteiger partial charge is 0.456 e. The van der Waals surface area contributed by atoms with Crippen molar-refractivity contribution in [2.45, 2.75) is 0 Å². The van der Waals surface area contributed by atoms with Crippen LogP contribution in [0.3, 0.4) is 0 Å². The summed E-state index contributed by atoms with van der Waals surface area (Å²) in [6, 6.07) is 51.9. The van der Waals surface area contributed by atoms with Crippen molar-refractivity contribution >= 4 is 103 Å². The van der Waals surface area contributed by atoms with E-state index < -0.39 is 0 Å². The Morgan fingerprint density at radius 3 is 2.09 bits per heavy atom. The maximum absolute atomic E-state index is 6.20. The highest BCUT2D eigenvalue weighted by Gasteiger charge is 2.18. The average Bonchev–Trinajstić information content (AvgIpc) is 3.82. The maximum atomic E-state index is 6.20. The van der Waals surface area contributed by atoms with Gasteiger partial charge in [-0.15, -0.1) is 22.7 Å². The van der Waals surface area contributed by atoms with Gasteiger partial charge < -0.3 is 9.32 Å². The molecule has 5 heteroatoms. The van der Waals surface area contributed by atoms with E-state index in [1.54, 1.807) is 11.3 Å². The molecule has 216 valence electrons. The van der Waals surface area contributed by atoms with Crippen molar-refractivity contribution in [3.63, 3.8) is 0 Å². The number of fused-ring (bicyclic) bond motifs is 9. The molecule has 0 amide bonds. The maximum Gasteiger partial charge on any atom is 0.135 e. The van der Waals surface area contributed by atoms with E-state index in [9.17, 15) is 0 Å². The molecule has 0 N–H and O–H groups in total. The standard InChI is InChI=1S/C41H24N2OS2/c1-2-8-25(9-3-1)41-42-35-20-14-26-22-27(15-18-30(26)40(35)46-41)43(28-17-21-37-34(23-28)31-10-4-6-12-36(31)44-37)29-16-19-33-32-11-5-7-13-38(32)45-39(33)24-29/h1-24H. The molecule has 0 spiro atoms. The summed E-state index contributed by atoms with van der Waals surface area (Å²) in [5.41, 5.74) is 7.30. The Morgan fingerprint density at radius 1 is 0.478 bits per heavy atom. The van der Waals surface area contributed by atoms with Crippen molar-refractivity contribution in [3.05, 3.63) is 146 Å². The Kier molecular flexibility index (Phi) is 5.61. The minimum Gasteiger partial charge on any atom is -0.456 e. The van der Waals surface area contributed by atoms with Gasteiger partial charge in [0.1, 0.15) is 16.2 Å². The van der Waals surface area contributed by atoms with Crippen LogP contribution >= 0.6 is 22.7 Å². The average molecular weight is 625 g/mol. The summed E-state index contributed by atoms with van der Waals surface area (Å²) in [5, 5.41) is 8.29. The Morgan fingerprint density at radius 2 is 1.17 bits per heavy atom. The second-order valence-electron chi connectivity index (χ2n) is 11.6. The van der Waals surface area contributed by atoms with Crippen molar-refractivity contribution in [2.75, 3.05) is 4.90 Å². The van der Waals surface area contributed by atoms with Crippen molar-refractivity contribution in [1.82, 2.24) is 4.98 Å². The van der Waals surface area contributed by atoms with E-state index in [0.29, 0.717) is 0 Å². The molecule has 3 heterocycles. The van der Waals surface area contributed by atoms with E-state index in [1.807, 2.05) is 29.5 Å². The number of aromatic nitrogens is 1. The first-order valence-corrected chi connectivity index (χ1v) is 16.9. The third-order valence-electron chi connectivity index (χ3n) is 8.87. The van der Waals surface area contributed by atoms with Crippen molar-refractivity contribution in [2.24, 2.45) is 0 Å². The fraction of sp³-hybridized carbons (Fsp3) is 0. The number of rotatable bonds is 4. The zero-order valence-corrected chi connectivity index (χ0v) is 26.1. The molecule has 0 radical (unpaired) electrons. The van der Waals surface area contributed by atoms with E-state index in [0.717, 1.165) is 55.1 Å².